The van der Waals surface area contributed by atoms with Crippen molar-refractivity contribution in [3.05, 3.63) is 30.1 Å². The van der Waals surface area contributed by atoms with E-state index in [-0.39, 0.29) is 30.8 Å². The van der Waals surface area contributed by atoms with Gasteiger partial charge < -0.3 is 24.3 Å². The molecule has 0 spiro atoms. The minimum absolute atomic E-state index is 0.0853. The third kappa shape index (κ3) is 3.68. The van der Waals surface area contributed by atoms with Gasteiger partial charge in [0.1, 0.15) is 11.6 Å². The highest BCUT2D eigenvalue weighted by Gasteiger charge is 2.42. The number of carbonyl (C=O) groups excluding carboxylic acids is 1. The Kier molecular flexibility index (Phi) is 5.22. The molecule has 1 fully saturated rings. The second-order valence-corrected chi connectivity index (χ2v) is 8.27. The predicted molar refractivity (Wildman–Crippen MR) is 95.3 cm³/mol. The maximum Gasteiger partial charge on any atom is 0.317 e. The van der Waals surface area contributed by atoms with Gasteiger partial charge in [-0.1, -0.05) is 6.07 Å². The molecule has 2 heterocycles. The Morgan fingerprint density at radius 2 is 1.96 bits per heavy atom. The average molecular weight is 395 g/mol. The topological polar surface area (TPSA) is 116 Å². The maximum atomic E-state index is 12.5. The summed E-state index contributed by atoms with van der Waals surface area (Å²) in [7, 11) is 1.06. The number of aromatic nitrogens is 3. The van der Waals surface area contributed by atoms with E-state index in [0.717, 1.165) is 5.56 Å². The highest BCUT2D eigenvalue weighted by atomic mass is 32.2. The van der Waals surface area contributed by atoms with Gasteiger partial charge in [-0.3, -0.25) is 0 Å². The normalized spacial score (nSPS) is 14.6. The molecule has 10 nitrogen and oxygen atoms in total. The molecule has 1 aliphatic heterocycles. The van der Waals surface area contributed by atoms with E-state index in [9.17, 15) is 13.2 Å². The molecule has 0 unspecified atom stereocenters. The van der Waals surface area contributed by atoms with Crippen LogP contribution in [-0.4, -0.2) is 66.7 Å². The van der Waals surface area contributed by atoms with Crippen molar-refractivity contribution < 1.29 is 22.7 Å². The lowest BCUT2D eigenvalue weighted by Crippen LogP contribution is -2.59. The number of benzene rings is 1. The molecule has 1 aromatic heterocycles. The van der Waals surface area contributed by atoms with E-state index in [1.807, 2.05) is 6.07 Å². The number of hydrogen-bond donors (Lipinski definition) is 1. The quantitative estimate of drug-likeness (QED) is 0.743. The molecule has 2 aromatic rings. The Bertz CT molecular complexity index is 936. The fourth-order valence-electron chi connectivity index (χ4n) is 2.76. The Hall–Kier alpha value is -2.82. The van der Waals surface area contributed by atoms with Crippen LogP contribution in [0.5, 0.6) is 11.5 Å². The minimum atomic E-state index is -3.60. The average Bonchev–Trinajstić information content (AvgIpc) is 3.05. The molecule has 146 valence electrons. The number of carbonyl (C=O) groups is 1. The molecule has 1 aromatic carbocycles. The van der Waals surface area contributed by atoms with Gasteiger partial charge in [-0.25, -0.2) is 13.2 Å². The summed E-state index contributed by atoms with van der Waals surface area (Å²) < 4.78 is 36.7. The first kappa shape index (κ1) is 19.0. The summed E-state index contributed by atoms with van der Waals surface area (Å²) in [6.45, 7) is 0.524. The number of amides is 2. The number of nitrogens with zero attached hydrogens (tertiary/aromatic N) is 4. The number of nitrogens with one attached hydrogen (secondary N) is 1. The van der Waals surface area contributed by atoms with E-state index in [1.165, 1.54) is 22.9 Å². The Labute approximate surface area is 157 Å². The number of ether oxygens (including phenoxy) is 2. The molecule has 1 N–H and O–H groups in total. The zero-order valence-corrected chi connectivity index (χ0v) is 16.1. The van der Waals surface area contributed by atoms with Gasteiger partial charge in [0.15, 0.2) is 11.5 Å². The molecule has 2 amide bonds. The first-order valence-electron chi connectivity index (χ1n) is 8.18. The standard InChI is InChI=1S/C16H21N5O5S/c1-20-10-18-19-16(20)27(23,24)12-8-21(9-12)15(22)17-7-11-4-5-13(25-2)14(6-11)26-3/h4-6,10,12H,7-9H2,1-3H3,(H,17,22). The van der Waals surface area contributed by atoms with E-state index < -0.39 is 15.1 Å². The summed E-state index contributed by atoms with van der Waals surface area (Å²) in [5.74, 6) is 1.18. The first-order chi connectivity index (χ1) is 12.9. The zero-order valence-electron chi connectivity index (χ0n) is 15.2. The lowest BCUT2D eigenvalue weighted by Gasteiger charge is -2.38. The summed E-state index contributed by atoms with van der Waals surface area (Å²) in [5, 5.41) is 9.26. The van der Waals surface area contributed by atoms with Crippen molar-refractivity contribution in [1.82, 2.24) is 25.0 Å². The van der Waals surface area contributed by atoms with E-state index in [0.29, 0.717) is 11.5 Å². The summed E-state index contributed by atoms with van der Waals surface area (Å²) >= 11 is 0. The number of sulfone groups is 1. The van der Waals surface area contributed by atoms with Crippen molar-refractivity contribution in [3.8, 4) is 11.5 Å². The van der Waals surface area contributed by atoms with E-state index in [2.05, 4.69) is 15.5 Å². The Morgan fingerprint density at radius 3 is 2.56 bits per heavy atom. The van der Waals surface area contributed by atoms with Gasteiger partial charge in [-0.15, -0.1) is 10.2 Å². The molecule has 1 saturated heterocycles. The van der Waals surface area contributed by atoms with Crippen LogP contribution in [-0.2, 0) is 23.4 Å². The molecule has 27 heavy (non-hydrogen) atoms. The fourth-order valence-corrected chi connectivity index (χ4v) is 4.42. The fraction of sp³-hybridized carbons (Fsp3) is 0.438. The van der Waals surface area contributed by atoms with Crippen molar-refractivity contribution in [1.29, 1.82) is 0 Å². The molecule has 11 heteroatoms. The highest BCUT2D eigenvalue weighted by Crippen LogP contribution is 2.27. The van der Waals surface area contributed by atoms with Gasteiger partial charge >= 0.3 is 6.03 Å². The molecule has 0 radical (unpaired) electrons. The number of likely N-dealkylation sites (tertiary alicyclic amines) is 1. The lowest BCUT2D eigenvalue weighted by atomic mass is 10.2. The molecular formula is C16H21N5O5S. The van der Waals surface area contributed by atoms with Gasteiger partial charge in [-0.05, 0) is 17.7 Å². The molecule has 0 atom stereocenters. The van der Waals surface area contributed by atoms with Gasteiger partial charge in [0, 0.05) is 26.7 Å². The Balaban J connectivity index is 1.55. The Morgan fingerprint density at radius 1 is 1.26 bits per heavy atom. The zero-order chi connectivity index (χ0) is 19.6. The SMILES string of the molecule is COc1ccc(CNC(=O)N2CC(S(=O)(=O)c3nncn3C)C2)cc1OC. The summed E-state index contributed by atoms with van der Waals surface area (Å²) in [6.07, 6.45) is 1.33. The summed E-state index contributed by atoms with van der Waals surface area (Å²) in [5.41, 5.74) is 0.838. The van der Waals surface area contributed by atoms with Gasteiger partial charge in [0.2, 0.25) is 15.0 Å². The van der Waals surface area contributed by atoms with Crippen LogP contribution < -0.4 is 14.8 Å². The van der Waals surface area contributed by atoms with Crippen LogP contribution >= 0.6 is 0 Å². The number of urea groups is 1. The molecule has 0 saturated carbocycles. The molecule has 3 rings (SSSR count). The van der Waals surface area contributed by atoms with Crippen molar-refractivity contribution in [3.63, 3.8) is 0 Å². The van der Waals surface area contributed by atoms with E-state index in [4.69, 9.17) is 9.47 Å². The monoisotopic (exact) mass is 395 g/mol. The van der Waals surface area contributed by atoms with Crippen LogP contribution in [0.25, 0.3) is 0 Å². The number of aryl methyl sites for hydroxylation is 1. The van der Waals surface area contributed by atoms with E-state index in [1.54, 1.807) is 26.3 Å². The highest BCUT2D eigenvalue weighted by molar-refractivity contribution is 7.92. The number of hydrogen-bond acceptors (Lipinski definition) is 7. The third-order valence-electron chi connectivity index (χ3n) is 4.39. The van der Waals surface area contributed by atoms with Crippen LogP contribution in [0, 0.1) is 0 Å². The minimum Gasteiger partial charge on any atom is -0.493 e. The molecular weight excluding hydrogens is 374 g/mol. The van der Waals surface area contributed by atoms with Crippen LogP contribution in [0.15, 0.2) is 29.7 Å². The predicted octanol–water partition coefficient (Wildman–Crippen LogP) is 0.200. The van der Waals surface area contributed by atoms with Crippen molar-refractivity contribution in [2.24, 2.45) is 7.05 Å². The smallest absolute Gasteiger partial charge is 0.317 e. The number of rotatable bonds is 6. The van der Waals surface area contributed by atoms with Crippen LogP contribution in [0.2, 0.25) is 0 Å². The maximum absolute atomic E-state index is 12.5. The van der Waals surface area contributed by atoms with Gasteiger partial charge in [-0.2, -0.15) is 0 Å². The third-order valence-corrected chi connectivity index (χ3v) is 6.44. The van der Waals surface area contributed by atoms with Crippen LogP contribution in [0.4, 0.5) is 4.79 Å². The second kappa shape index (κ2) is 7.43. The molecule has 1 aliphatic rings. The lowest BCUT2D eigenvalue weighted by molar-refractivity contribution is 0.168. The summed E-state index contributed by atoms with van der Waals surface area (Å²) in [4.78, 5) is 13.7. The van der Waals surface area contributed by atoms with Gasteiger partial charge in [0.05, 0.1) is 14.2 Å². The van der Waals surface area contributed by atoms with Crippen molar-refractivity contribution >= 4 is 15.9 Å². The molecule has 0 aliphatic carbocycles. The van der Waals surface area contributed by atoms with Crippen molar-refractivity contribution in [2.75, 3.05) is 27.3 Å². The largest absolute Gasteiger partial charge is 0.493 e. The van der Waals surface area contributed by atoms with Crippen LogP contribution in [0.3, 0.4) is 0 Å². The van der Waals surface area contributed by atoms with Crippen molar-refractivity contribution in [2.45, 2.75) is 17.0 Å². The first-order valence-corrected chi connectivity index (χ1v) is 9.73. The summed E-state index contributed by atoms with van der Waals surface area (Å²) in [6, 6.07) is 5.03. The second-order valence-electron chi connectivity index (χ2n) is 6.14. The van der Waals surface area contributed by atoms with Gasteiger partial charge in [0.25, 0.3) is 0 Å². The van der Waals surface area contributed by atoms with E-state index >= 15 is 0 Å². The van der Waals surface area contributed by atoms with Crippen LogP contribution in [0.1, 0.15) is 5.56 Å². The number of methoxy groups -OCH3 is 2. The molecule has 0 bridgehead atoms.